The van der Waals surface area contributed by atoms with Crippen molar-refractivity contribution in [3.8, 4) is 5.75 Å². The molecule has 0 spiro atoms. The van der Waals surface area contributed by atoms with E-state index >= 15 is 0 Å². The molecule has 3 rings (SSSR count). The van der Waals surface area contributed by atoms with E-state index in [0.29, 0.717) is 13.2 Å². The fraction of sp³-hybridized carbons (Fsp3) is 0.450. The number of piperidine rings is 1. The Labute approximate surface area is 144 Å². The smallest absolute Gasteiger partial charge is 0.119 e. The second-order valence-electron chi connectivity index (χ2n) is 6.91. The predicted molar refractivity (Wildman–Crippen MR) is 95.1 cm³/mol. The number of aromatic nitrogens is 1. The molecule has 1 aromatic heterocycles. The van der Waals surface area contributed by atoms with E-state index in [1.165, 1.54) is 5.56 Å². The van der Waals surface area contributed by atoms with E-state index < -0.39 is 5.60 Å². The molecule has 0 bridgehead atoms. The van der Waals surface area contributed by atoms with Gasteiger partial charge >= 0.3 is 0 Å². The van der Waals surface area contributed by atoms with Crippen LogP contribution in [0.2, 0.25) is 0 Å². The molecular formula is C20H26N2O2. The summed E-state index contributed by atoms with van der Waals surface area (Å²) in [6.45, 7) is 6.84. The Balaban J connectivity index is 1.60. The monoisotopic (exact) mass is 326 g/mol. The summed E-state index contributed by atoms with van der Waals surface area (Å²) >= 11 is 0. The summed E-state index contributed by atoms with van der Waals surface area (Å²) in [6, 6.07) is 12.0. The average molecular weight is 326 g/mol. The van der Waals surface area contributed by atoms with Gasteiger partial charge in [-0.3, -0.25) is 9.88 Å². The van der Waals surface area contributed by atoms with Crippen LogP contribution in [0.4, 0.5) is 0 Å². The molecule has 1 saturated heterocycles. The molecule has 1 aliphatic heterocycles. The molecule has 4 nitrogen and oxygen atoms in total. The summed E-state index contributed by atoms with van der Waals surface area (Å²) in [5.41, 5.74) is 2.64. The number of β-amino-alcohol motifs (C(OH)–C–C–N with tert-alkyl or cyclic N) is 1. The number of nitrogens with zero attached hydrogens (tertiary/aromatic N) is 2. The topological polar surface area (TPSA) is 45.6 Å². The fourth-order valence-corrected chi connectivity index (χ4v) is 3.28. The second-order valence-corrected chi connectivity index (χ2v) is 6.91. The van der Waals surface area contributed by atoms with Crippen LogP contribution in [0.1, 0.15) is 29.7 Å². The zero-order valence-corrected chi connectivity index (χ0v) is 14.5. The van der Waals surface area contributed by atoms with E-state index in [2.05, 4.69) is 22.9 Å². The Kier molecular flexibility index (Phi) is 5.17. The number of likely N-dealkylation sites (tertiary alicyclic amines) is 1. The third-order valence-corrected chi connectivity index (χ3v) is 4.62. The lowest BCUT2D eigenvalue weighted by molar-refractivity contribution is -0.0623. The Morgan fingerprint density at radius 3 is 2.92 bits per heavy atom. The Hall–Kier alpha value is -1.91. The van der Waals surface area contributed by atoms with Crippen LogP contribution in [0.5, 0.6) is 5.75 Å². The van der Waals surface area contributed by atoms with Crippen LogP contribution in [-0.4, -0.2) is 40.3 Å². The van der Waals surface area contributed by atoms with Crippen molar-refractivity contribution in [3.63, 3.8) is 0 Å². The van der Waals surface area contributed by atoms with Gasteiger partial charge in [0.25, 0.3) is 0 Å². The third kappa shape index (κ3) is 4.34. The predicted octanol–water partition coefficient (Wildman–Crippen LogP) is 3.10. The summed E-state index contributed by atoms with van der Waals surface area (Å²) < 4.78 is 5.86. The van der Waals surface area contributed by atoms with Crippen molar-refractivity contribution in [1.29, 1.82) is 0 Å². The van der Waals surface area contributed by atoms with E-state index in [4.69, 9.17) is 4.74 Å². The highest BCUT2D eigenvalue weighted by molar-refractivity contribution is 5.27. The molecular weight excluding hydrogens is 300 g/mol. The van der Waals surface area contributed by atoms with Gasteiger partial charge < -0.3 is 9.84 Å². The van der Waals surface area contributed by atoms with Gasteiger partial charge in [-0.25, -0.2) is 0 Å². The second kappa shape index (κ2) is 7.32. The maximum Gasteiger partial charge on any atom is 0.119 e. The van der Waals surface area contributed by atoms with E-state index in [0.717, 1.165) is 42.9 Å². The Morgan fingerprint density at radius 2 is 2.12 bits per heavy atom. The van der Waals surface area contributed by atoms with Crippen LogP contribution in [0.15, 0.2) is 42.6 Å². The van der Waals surface area contributed by atoms with Crippen molar-refractivity contribution in [2.24, 2.45) is 0 Å². The molecule has 0 amide bonds. The molecule has 24 heavy (non-hydrogen) atoms. The van der Waals surface area contributed by atoms with Crippen molar-refractivity contribution >= 4 is 0 Å². The van der Waals surface area contributed by atoms with Crippen molar-refractivity contribution < 1.29 is 9.84 Å². The molecule has 0 radical (unpaired) electrons. The Bertz CT molecular complexity index is 689. The van der Waals surface area contributed by atoms with Gasteiger partial charge in [-0.15, -0.1) is 0 Å². The van der Waals surface area contributed by atoms with E-state index in [-0.39, 0.29) is 0 Å². The van der Waals surface area contributed by atoms with Crippen molar-refractivity contribution in [1.82, 2.24) is 9.88 Å². The van der Waals surface area contributed by atoms with Gasteiger partial charge in [-0.1, -0.05) is 18.2 Å². The standard InChI is InChI=1S/C20H26N2O2/c1-16-6-3-8-18(12-16)24-15-20(23)9-5-11-22(14-20)13-19-17(2)7-4-10-21-19/h3-4,6-8,10,12,23H,5,9,11,13-15H2,1-2H3. The lowest BCUT2D eigenvalue weighted by Gasteiger charge is -2.39. The van der Waals surface area contributed by atoms with E-state index in [9.17, 15) is 5.11 Å². The highest BCUT2D eigenvalue weighted by Crippen LogP contribution is 2.24. The highest BCUT2D eigenvalue weighted by Gasteiger charge is 2.34. The quantitative estimate of drug-likeness (QED) is 0.917. The van der Waals surface area contributed by atoms with Crippen LogP contribution in [-0.2, 0) is 6.54 Å². The summed E-state index contributed by atoms with van der Waals surface area (Å²) in [4.78, 5) is 6.75. The van der Waals surface area contributed by atoms with Crippen LogP contribution in [0.3, 0.4) is 0 Å². The van der Waals surface area contributed by atoms with Crippen LogP contribution in [0.25, 0.3) is 0 Å². The van der Waals surface area contributed by atoms with Gasteiger partial charge in [0, 0.05) is 19.3 Å². The number of pyridine rings is 1. The van der Waals surface area contributed by atoms with Crippen LogP contribution < -0.4 is 4.74 Å². The minimum absolute atomic E-state index is 0.328. The minimum Gasteiger partial charge on any atom is -0.491 e. The first-order valence-electron chi connectivity index (χ1n) is 8.59. The number of ether oxygens (including phenoxy) is 1. The summed E-state index contributed by atoms with van der Waals surface area (Å²) in [6.07, 6.45) is 3.58. The molecule has 1 fully saturated rings. The first kappa shape index (κ1) is 16.9. The number of hydrogen-bond donors (Lipinski definition) is 1. The molecule has 1 aliphatic rings. The molecule has 1 atom stereocenters. The van der Waals surface area contributed by atoms with Crippen molar-refractivity contribution in [2.45, 2.75) is 38.8 Å². The molecule has 1 aromatic carbocycles. The van der Waals surface area contributed by atoms with Gasteiger partial charge in [0.2, 0.25) is 0 Å². The normalized spacial score (nSPS) is 21.6. The number of benzene rings is 1. The molecule has 0 aliphatic carbocycles. The van der Waals surface area contributed by atoms with Crippen LogP contribution in [0, 0.1) is 13.8 Å². The highest BCUT2D eigenvalue weighted by atomic mass is 16.5. The summed E-state index contributed by atoms with van der Waals surface area (Å²) in [5.74, 6) is 0.820. The van der Waals surface area contributed by atoms with Gasteiger partial charge in [-0.2, -0.15) is 0 Å². The van der Waals surface area contributed by atoms with Gasteiger partial charge in [0.1, 0.15) is 18.0 Å². The van der Waals surface area contributed by atoms with Gasteiger partial charge in [0.15, 0.2) is 0 Å². The van der Waals surface area contributed by atoms with Gasteiger partial charge in [0.05, 0.1) is 5.69 Å². The zero-order chi connectivity index (χ0) is 17.0. The lowest BCUT2D eigenvalue weighted by Crippen LogP contribution is -2.51. The molecule has 4 heteroatoms. The molecule has 2 heterocycles. The fourth-order valence-electron chi connectivity index (χ4n) is 3.28. The summed E-state index contributed by atoms with van der Waals surface area (Å²) in [7, 11) is 0. The van der Waals surface area contributed by atoms with Gasteiger partial charge in [-0.05, 0) is 62.6 Å². The largest absolute Gasteiger partial charge is 0.491 e. The van der Waals surface area contributed by atoms with E-state index in [1.807, 2.05) is 43.5 Å². The molecule has 1 N–H and O–H groups in total. The minimum atomic E-state index is -0.801. The average Bonchev–Trinajstić information content (AvgIpc) is 2.56. The number of hydrogen-bond acceptors (Lipinski definition) is 4. The van der Waals surface area contributed by atoms with Crippen molar-refractivity contribution in [2.75, 3.05) is 19.7 Å². The molecule has 0 saturated carbocycles. The molecule has 2 aromatic rings. The maximum absolute atomic E-state index is 10.9. The number of aryl methyl sites for hydroxylation is 2. The number of aliphatic hydroxyl groups is 1. The lowest BCUT2D eigenvalue weighted by atomic mass is 9.93. The maximum atomic E-state index is 10.9. The first-order valence-corrected chi connectivity index (χ1v) is 8.59. The molecule has 128 valence electrons. The first-order chi connectivity index (χ1) is 11.5. The number of rotatable bonds is 5. The summed E-state index contributed by atoms with van der Waals surface area (Å²) in [5, 5.41) is 10.9. The van der Waals surface area contributed by atoms with Crippen molar-refractivity contribution in [3.05, 3.63) is 59.4 Å². The third-order valence-electron chi connectivity index (χ3n) is 4.62. The van der Waals surface area contributed by atoms with E-state index in [1.54, 1.807) is 0 Å². The molecule has 1 unspecified atom stereocenters. The van der Waals surface area contributed by atoms with Crippen LogP contribution >= 0.6 is 0 Å². The SMILES string of the molecule is Cc1cccc(OCC2(O)CCCN(Cc3ncccc3C)C2)c1. The zero-order valence-electron chi connectivity index (χ0n) is 14.5. The Morgan fingerprint density at radius 1 is 1.25 bits per heavy atom.